The predicted octanol–water partition coefficient (Wildman–Crippen LogP) is 4.33. The van der Waals surface area contributed by atoms with Gasteiger partial charge in [0.25, 0.3) is 0 Å². The van der Waals surface area contributed by atoms with Gasteiger partial charge < -0.3 is 5.32 Å². The Bertz CT molecular complexity index is 738. The van der Waals surface area contributed by atoms with Crippen molar-refractivity contribution in [2.75, 3.05) is 5.32 Å². The van der Waals surface area contributed by atoms with Crippen LogP contribution in [0, 0.1) is 0 Å². The highest BCUT2D eigenvalue weighted by Crippen LogP contribution is 2.33. The quantitative estimate of drug-likeness (QED) is 0.894. The molecule has 0 atom stereocenters. The molecule has 1 amide bonds. The summed E-state index contributed by atoms with van der Waals surface area (Å²) in [7, 11) is 0. The lowest BCUT2D eigenvalue weighted by Crippen LogP contribution is -2.17. The number of alkyl halides is 3. The summed E-state index contributed by atoms with van der Waals surface area (Å²) in [6.45, 7) is 0. The molecule has 25 heavy (non-hydrogen) atoms. The molecule has 2 aromatic heterocycles. The molecular formula is C18H18F3N3O. The smallest absolute Gasteiger partial charge is 0.310 e. The molecule has 1 saturated carbocycles. The molecule has 0 spiro atoms. The SMILES string of the molecule is O=C(Cc1cccc(C(F)(F)F)n1)Nc1ccc(C2CCCC2)cn1. The van der Waals surface area contributed by atoms with Crippen molar-refractivity contribution in [3.63, 3.8) is 0 Å². The summed E-state index contributed by atoms with van der Waals surface area (Å²) in [5.74, 6) is 0.471. The van der Waals surface area contributed by atoms with Crippen molar-refractivity contribution in [1.29, 1.82) is 0 Å². The highest BCUT2D eigenvalue weighted by atomic mass is 19.4. The zero-order chi connectivity index (χ0) is 17.9. The molecule has 4 nitrogen and oxygen atoms in total. The Morgan fingerprint density at radius 3 is 2.56 bits per heavy atom. The fraction of sp³-hybridized carbons (Fsp3) is 0.389. The van der Waals surface area contributed by atoms with Gasteiger partial charge in [0, 0.05) is 6.20 Å². The molecule has 3 rings (SSSR count). The summed E-state index contributed by atoms with van der Waals surface area (Å²) < 4.78 is 37.9. The van der Waals surface area contributed by atoms with Crippen molar-refractivity contribution < 1.29 is 18.0 Å². The van der Waals surface area contributed by atoms with E-state index < -0.39 is 17.8 Å². The Labute approximate surface area is 143 Å². The number of halogens is 3. The van der Waals surface area contributed by atoms with Gasteiger partial charge in [0.1, 0.15) is 11.5 Å². The third-order valence-corrected chi connectivity index (χ3v) is 4.32. The normalized spacial score (nSPS) is 15.3. The Morgan fingerprint density at radius 1 is 1.16 bits per heavy atom. The average molecular weight is 349 g/mol. The van der Waals surface area contributed by atoms with E-state index in [1.807, 2.05) is 6.07 Å². The molecule has 1 fully saturated rings. The molecule has 0 aliphatic heterocycles. The van der Waals surface area contributed by atoms with Crippen molar-refractivity contribution in [2.24, 2.45) is 0 Å². The molecule has 0 saturated heterocycles. The molecule has 0 bridgehead atoms. The maximum Gasteiger partial charge on any atom is 0.433 e. The number of carbonyl (C=O) groups is 1. The number of nitrogens with one attached hydrogen (secondary N) is 1. The number of pyridine rings is 2. The van der Waals surface area contributed by atoms with Crippen LogP contribution in [0.3, 0.4) is 0 Å². The summed E-state index contributed by atoms with van der Waals surface area (Å²) in [6.07, 6.45) is 1.78. The third-order valence-electron chi connectivity index (χ3n) is 4.32. The molecule has 2 heterocycles. The highest BCUT2D eigenvalue weighted by Gasteiger charge is 2.32. The third kappa shape index (κ3) is 4.55. The summed E-state index contributed by atoms with van der Waals surface area (Å²) in [5.41, 5.74) is 0.224. The summed E-state index contributed by atoms with van der Waals surface area (Å²) in [6, 6.07) is 7.19. The zero-order valence-corrected chi connectivity index (χ0v) is 13.5. The van der Waals surface area contributed by atoms with Gasteiger partial charge in [0.15, 0.2) is 0 Å². The molecule has 132 valence electrons. The minimum absolute atomic E-state index is 0.0647. The van der Waals surface area contributed by atoms with Crippen LogP contribution in [0.1, 0.15) is 48.6 Å². The number of rotatable bonds is 4. The molecular weight excluding hydrogens is 331 g/mol. The molecule has 2 aromatic rings. The van der Waals surface area contributed by atoms with Gasteiger partial charge in [-0.2, -0.15) is 13.2 Å². The summed E-state index contributed by atoms with van der Waals surface area (Å²) in [5, 5.41) is 2.60. The van der Waals surface area contributed by atoms with Gasteiger partial charge in [0.2, 0.25) is 5.91 Å². The first-order valence-corrected chi connectivity index (χ1v) is 8.21. The lowest BCUT2D eigenvalue weighted by Gasteiger charge is -2.10. The van der Waals surface area contributed by atoms with Gasteiger partial charge in [0.05, 0.1) is 12.1 Å². The summed E-state index contributed by atoms with van der Waals surface area (Å²) >= 11 is 0. The van der Waals surface area contributed by atoms with Crippen LogP contribution >= 0.6 is 0 Å². The Morgan fingerprint density at radius 2 is 1.92 bits per heavy atom. The zero-order valence-electron chi connectivity index (χ0n) is 13.5. The minimum Gasteiger partial charge on any atom is -0.310 e. The molecule has 0 aromatic carbocycles. The fourth-order valence-corrected chi connectivity index (χ4v) is 3.07. The van der Waals surface area contributed by atoms with Gasteiger partial charge >= 0.3 is 6.18 Å². The number of hydrogen-bond acceptors (Lipinski definition) is 3. The van der Waals surface area contributed by atoms with Crippen molar-refractivity contribution in [2.45, 2.75) is 44.2 Å². The van der Waals surface area contributed by atoms with E-state index in [-0.39, 0.29) is 12.1 Å². The first kappa shape index (κ1) is 17.4. The number of anilines is 1. The average Bonchev–Trinajstić information content (AvgIpc) is 3.09. The van der Waals surface area contributed by atoms with Gasteiger partial charge in [-0.05, 0) is 42.5 Å². The fourth-order valence-electron chi connectivity index (χ4n) is 3.07. The van der Waals surface area contributed by atoms with E-state index in [0.717, 1.165) is 24.5 Å². The van der Waals surface area contributed by atoms with E-state index in [2.05, 4.69) is 15.3 Å². The van der Waals surface area contributed by atoms with Crippen LogP contribution in [0.4, 0.5) is 19.0 Å². The number of amides is 1. The first-order chi connectivity index (χ1) is 11.9. The molecule has 1 aliphatic carbocycles. The number of hydrogen-bond donors (Lipinski definition) is 1. The lowest BCUT2D eigenvalue weighted by molar-refractivity contribution is -0.141. The van der Waals surface area contributed by atoms with Gasteiger partial charge in [-0.3, -0.25) is 4.79 Å². The Balaban J connectivity index is 1.61. The van der Waals surface area contributed by atoms with Crippen LogP contribution in [-0.4, -0.2) is 15.9 Å². The van der Waals surface area contributed by atoms with Crippen LogP contribution in [0.15, 0.2) is 36.5 Å². The molecule has 1 aliphatic rings. The number of carbonyl (C=O) groups excluding carboxylic acids is 1. The van der Waals surface area contributed by atoms with Gasteiger partial charge in [-0.25, -0.2) is 9.97 Å². The van der Waals surface area contributed by atoms with Crippen molar-refractivity contribution in [3.8, 4) is 0 Å². The highest BCUT2D eigenvalue weighted by molar-refractivity contribution is 5.91. The first-order valence-electron chi connectivity index (χ1n) is 8.21. The van der Waals surface area contributed by atoms with Crippen LogP contribution in [0.25, 0.3) is 0 Å². The van der Waals surface area contributed by atoms with Crippen LogP contribution in [-0.2, 0) is 17.4 Å². The standard InChI is InChI=1S/C18H18F3N3O/c19-18(20,21)15-7-3-6-14(23-15)10-17(25)24-16-9-8-13(11-22-16)12-4-1-2-5-12/h3,6-9,11-12H,1-2,4-5,10H2,(H,22,24,25). The minimum atomic E-state index is -4.52. The number of nitrogens with zero attached hydrogens (tertiary/aromatic N) is 2. The monoisotopic (exact) mass is 349 g/mol. The second-order valence-corrected chi connectivity index (χ2v) is 6.20. The van der Waals surface area contributed by atoms with E-state index in [1.54, 1.807) is 12.3 Å². The molecule has 0 radical (unpaired) electrons. The van der Waals surface area contributed by atoms with E-state index >= 15 is 0 Å². The van der Waals surface area contributed by atoms with E-state index in [1.165, 1.54) is 25.0 Å². The second-order valence-electron chi connectivity index (χ2n) is 6.20. The predicted molar refractivity (Wildman–Crippen MR) is 87.0 cm³/mol. The van der Waals surface area contributed by atoms with Crippen molar-refractivity contribution >= 4 is 11.7 Å². The molecule has 0 unspecified atom stereocenters. The van der Waals surface area contributed by atoms with Gasteiger partial charge in [-0.1, -0.05) is 25.0 Å². The van der Waals surface area contributed by atoms with Crippen molar-refractivity contribution in [1.82, 2.24) is 9.97 Å². The maximum atomic E-state index is 12.6. The topological polar surface area (TPSA) is 54.9 Å². The Kier molecular flexibility index (Phi) is 5.01. The van der Waals surface area contributed by atoms with E-state index in [4.69, 9.17) is 0 Å². The van der Waals surface area contributed by atoms with Gasteiger partial charge in [-0.15, -0.1) is 0 Å². The van der Waals surface area contributed by atoms with Crippen LogP contribution < -0.4 is 5.32 Å². The molecule has 7 heteroatoms. The maximum absolute atomic E-state index is 12.6. The largest absolute Gasteiger partial charge is 0.433 e. The van der Waals surface area contributed by atoms with Crippen LogP contribution in [0.2, 0.25) is 0 Å². The number of aromatic nitrogens is 2. The van der Waals surface area contributed by atoms with Crippen LogP contribution in [0.5, 0.6) is 0 Å². The summed E-state index contributed by atoms with van der Waals surface area (Å²) in [4.78, 5) is 19.7. The van der Waals surface area contributed by atoms with E-state index in [9.17, 15) is 18.0 Å². The second kappa shape index (κ2) is 7.21. The Hall–Kier alpha value is -2.44. The van der Waals surface area contributed by atoms with Crippen molar-refractivity contribution in [3.05, 3.63) is 53.5 Å². The lowest BCUT2D eigenvalue weighted by atomic mass is 10.00. The molecule has 1 N–H and O–H groups in total. The van der Waals surface area contributed by atoms with E-state index in [0.29, 0.717) is 11.7 Å².